The average Bonchev–Trinajstić information content (AvgIpc) is 2.79. The van der Waals surface area contributed by atoms with Crippen molar-refractivity contribution in [1.82, 2.24) is 0 Å². The molecule has 1 aromatic heterocycles. The predicted molar refractivity (Wildman–Crippen MR) is 58.4 cm³/mol. The SMILES string of the molecule is OCc1cccc(NCc2ccoc2)c1. The quantitative estimate of drug-likeness (QED) is 0.802. The molecule has 0 aliphatic rings. The largest absolute Gasteiger partial charge is 0.472 e. The van der Waals surface area contributed by atoms with E-state index in [9.17, 15) is 0 Å². The van der Waals surface area contributed by atoms with Crippen molar-refractivity contribution < 1.29 is 9.52 Å². The Hall–Kier alpha value is -1.74. The van der Waals surface area contributed by atoms with Crippen LogP contribution in [0.5, 0.6) is 0 Å². The monoisotopic (exact) mass is 203 g/mol. The molecule has 0 aliphatic heterocycles. The Kier molecular flexibility index (Phi) is 3.05. The minimum atomic E-state index is 0.0707. The van der Waals surface area contributed by atoms with Crippen LogP contribution in [0.3, 0.4) is 0 Å². The van der Waals surface area contributed by atoms with Crippen molar-refractivity contribution in [2.75, 3.05) is 5.32 Å². The van der Waals surface area contributed by atoms with Crippen LogP contribution in [-0.2, 0) is 13.2 Å². The Labute approximate surface area is 88.4 Å². The van der Waals surface area contributed by atoms with E-state index in [1.54, 1.807) is 12.5 Å². The lowest BCUT2D eigenvalue weighted by atomic mass is 10.2. The van der Waals surface area contributed by atoms with E-state index in [1.165, 1.54) is 0 Å². The van der Waals surface area contributed by atoms with E-state index in [-0.39, 0.29) is 6.61 Å². The minimum absolute atomic E-state index is 0.0707. The third-order valence-corrected chi connectivity index (χ3v) is 2.19. The van der Waals surface area contributed by atoms with Gasteiger partial charge in [-0.15, -0.1) is 0 Å². The van der Waals surface area contributed by atoms with Gasteiger partial charge in [0.15, 0.2) is 0 Å². The average molecular weight is 203 g/mol. The van der Waals surface area contributed by atoms with Crippen LogP contribution in [0.25, 0.3) is 0 Å². The van der Waals surface area contributed by atoms with E-state index >= 15 is 0 Å². The fourth-order valence-electron chi connectivity index (χ4n) is 1.38. The summed E-state index contributed by atoms with van der Waals surface area (Å²) in [7, 11) is 0. The lowest BCUT2D eigenvalue weighted by Crippen LogP contribution is -1.98. The number of rotatable bonds is 4. The van der Waals surface area contributed by atoms with Gasteiger partial charge in [0, 0.05) is 17.8 Å². The molecule has 3 heteroatoms. The summed E-state index contributed by atoms with van der Waals surface area (Å²) in [5.74, 6) is 0. The Morgan fingerprint density at radius 3 is 2.87 bits per heavy atom. The van der Waals surface area contributed by atoms with Gasteiger partial charge in [-0.2, -0.15) is 0 Å². The molecule has 0 spiro atoms. The molecule has 0 amide bonds. The van der Waals surface area contributed by atoms with Gasteiger partial charge >= 0.3 is 0 Å². The maximum absolute atomic E-state index is 8.97. The summed E-state index contributed by atoms with van der Waals surface area (Å²) < 4.78 is 4.97. The molecular formula is C12H13NO2. The van der Waals surface area contributed by atoms with Gasteiger partial charge in [-0.05, 0) is 23.8 Å². The fraction of sp³-hybridized carbons (Fsp3) is 0.167. The van der Waals surface area contributed by atoms with Crippen molar-refractivity contribution >= 4 is 5.69 Å². The van der Waals surface area contributed by atoms with Gasteiger partial charge in [-0.25, -0.2) is 0 Å². The third-order valence-electron chi connectivity index (χ3n) is 2.19. The van der Waals surface area contributed by atoms with E-state index < -0.39 is 0 Å². The van der Waals surface area contributed by atoms with Crippen LogP contribution in [0.15, 0.2) is 47.3 Å². The van der Waals surface area contributed by atoms with Gasteiger partial charge in [0.1, 0.15) is 0 Å². The fourth-order valence-corrected chi connectivity index (χ4v) is 1.38. The topological polar surface area (TPSA) is 45.4 Å². The van der Waals surface area contributed by atoms with Gasteiger partial charge in [0.2, 0.25) is 0 Å². The number of anilines is 1. The number of aliphatic hydroxyl groups is 1. The third kappa shape index (κ3) is 2.60. The van der Waals surface area contributed by atoms with Crippen LogP contribution >= 0.6 is 0 Å². The second-order valence-electron chi connectivity index (χ2n) is 3.34. The van der Waals surface area contributed by atoms with Crippen LogP contribution in [0, 0.1) is 0 Å². The van der Waals surface area contributed by atoms with Crippen LogP contribution in [-0.4, -0.2) is 5.11 Å². The first-order valence-corrected chi connectivity index (χ1v) is 4.83. The highest BCUT2D eigenvalue weighted by Gasteiger charge is 1.96. The van der Waals surface area contributed by atoms with E-state index in [2.05, 4.69) is 5.32 Å². The number of hydrogen-bond acceptors (Lipinski definition) is 3. The lowest BCUT2D eigenvalue weighted by Gasteiger charge is -2.05. The first kappa shape index (κ1) is 9.80. The first-order chi connectivity index (χ1) is 7.38. The molecule has 2 N–H and O–H groups in total. The molecule has 2 rings (SSSR count). The molecule has 0 bridgehead atoms. The minimum Gasteiger partial charge on any atom is -0.472 e. The van der Waals surface area contributed by atoms with E-state index in [0.29, 0.717) is 0 Å². The van der Waals surface area contributed by atoms with E-state index in [0.717, 1.165) is 23.4 Å². The van der Waals surface area contributed by atoms with Crippen molar-refractivity contribution in [2.24, 2.45) is 0 Å². The summed E-state index contributed by atoms with van der Waals surface area (Å²) in [6, 6.07) is 9.63. The number of hydrogen-bond donors (Lipinski definition) is 2. The van der Waals surface area contributed by atoms with Crippen molar-refractivity contribution in [1.29, 1.82) is 0 Å². The summed E-state index contributed by atoms with van der Waals surface area (Å²) in [6.45, 7) is 0.798. The highest BCUT2D eigenvalue weighted by molar-refractivity contribution is 5.45. The summed E-state index contributed by atoms with van der Waals surface area (Å²) in [6.07, 6.45) is 3.37. The second kappa shape index (κ2) is 4.66. The molecule has 0 saturated heterocycles. The molecule has 1 aromatic carbocycles. The summed E-state index contributed by atoms with van der Waals surface area (Å²) in [5.41, 5.74) is 3.01. The molecule has 0 fully saturated rings. The smallest absolute Gasteiger partial charge is 0.0952 e. The molecule has 78 valence electrons. The molecule has 1 heterocycles. The predicted octanol–water partition coefficient (Wildman–Crippen LogP) is 2.38. The lowest BCUT2D eigenvalue weighted by molar-refractivity contribution is 0.282. The Bertz CT molecular complexity index is 409. The second-order valence-corrected chi connectivity index (χ2v) is 3.34. The molecule has 0 saturated carbocycles. The molecule has 3 nitrogen and oxygen atoms in total. The van der Waals surface area contributed by atoms with E-state index in [4.69, 9.17) is 9.52 Å². The van der Waals surface area contributed by atoms with Crippen molar-refractivity contribution in [2.45, 2.75) is 13.2 Å². The number of aliphatic hydroxyl groups excluding tert-OH is 1. The number of nitrogens with one attached hydrogen (secondary N) is 1. The zero-order chi connectivity index (χ0) is 10.5. The Balaban J connectivity index is 1.98. The molecule has 0 unspecified atom stereocenters. The van der Waals surface area contributed by atoms with Crippen molar-refractivity contribution in [3.63, 3.8) is 0 Å². The molecule has 2 aromatic rings. The molecular weight excluding hydrogens is 190 g/mol. The molecule has 0 atom stereocenters. The molecule has 0 aliphatic carbocycles. The Morgan fingerprint density at radius 1 is 1.20 bits per heavy atom. The standard InChI is InChI=1S/C12H13NO2/c14-8-10-2-1-3-12(6-10)13-7-11-4-5-15-9-11/h1-6,9,13-14H,7-8H2. The van der Waals surface area contributed by atoms with Crippen LogP contribution in [0.4, 0.5) is 5.69 Å². The van der Waals surface area contributed by atoms with Crippen LogP contribution in [0.1, 0.15) is 11.1 Å². The van der Waals surface area contributed by atoms with E-state index in [1.807, 2.05) is 30.3 Å². The number of furan rings is 1. The van der Waals surface area contributed by atoms with Gasteiger partial charge < -0.3 is 14.8 Å². The molecule has 0 radical (unpaired) electrons. The summed E-state index contributed by atoms with van der Waals surface area (Å²) >= 11 is 0. The van der Waals surface area contributed by atoms with Crippen molar-refractivity contribution in [3.05, 3.63) is 54.0 Å². The maximum atomic E-state index is 8.97. The normalized spacial score (nSPS) is 10.2. The Morgan fingerprint density at radius 2 is 2.13 bits per heavy atom. The number of benzene rings is 1. The summed E-state index contributed by atoms with van der Waals surface area (Å²) in [4.78, 5) is 0. The van der Waals surface area contributed by atoms with Crippen LogP contribution in [0.2, 0.25) is 0 Å². The van der Waals surface area contributed by atoms with Crippen molar-refractivity contribution in [3.8, 4) is 0 Å². The summed E-state index contributed by atoms with van der Waals surface area (Å²) in [5, 5.41) is 12.2. The highest BCUT2D eigenvalue weighted by atomic mass is 16.3. The zero-order valence-electron chi connectivity index (χ0n) is 8.31. The highest BCUT2D eigenvalue weighted by Crippen LogP contribution is 2.12. The molecule has 15 heavy (non-hydrogen) atoms. The van der Waals surface area contributed by atoms with Gasteiger partial charge in [0.25, 0.3) is 0 Å². The van der Waals surface area contributed by atoms with Gasteiger partial charge in [-0.1, -0.05) is 12.1 Å². The van der Waals surface area contributed by atoms with Gasteiger partial charge in [0.05, 0.1) is 19.1 Å². The van der Waals surface area contributed by atoms with Crippen LogP contribution < -0.4 is 5.32 Å². The van der Waals surface area contributed by atoms with Gasteiger partial charge in [-0.3, -0.25) is 0 Å². The first-order valence-electron chi connectivity index (χ1n) is 4.83. The maximum Gasteiger partial charge on any atom is 0.0952 e. The zero-order valence-corrected chi connectivity index (χ0v) is 8.31.